The van der Waals surface area contributed by atoms with Gasteiger partial charge in [0, 0.05) is 18.5 Å². The molecule has 3 nitrogen and oxygen atoms in total. The molecule has 1 heterocycles. The van der Waals surface area contributed by atoms with Crippen LogP contribution in [0.15, 0.2) is 30.3 Å². The highest BCUT2D eigenvalue weighted by Gasteiger charge is 2.35. The van der Waals surface area contributed by atoms with Crippen molar-refractivity contribution in [2.45, 2.75) is 37.7 Å². The second-order valence-corrected chi connectivity index (χ2v) is 5.71. The molecule has 2 rings (SSSR count). The Morgan fingerprint density at radius 3 is 2.24 bits per heavy atom. The maximum absolute atomic E-state index is 9.75. The SMILES string of the molecule is CCC(O)CN1CCC(CN)(c2ccccc2)CC1.Cl.Cl. The summed E-state index contributed by atoms with van der Waals surface area (Å²) in [6, 6.07) is 10.6. The van der Waals surface area contributed by atoms with E-state index in [1.54, 1.807) is 0 Å². The molecule has 1 aliphatic heterocycles. The Balaban J connectivity index is 0.00000200. The van der Waals surface area contributed by atoms with Crippen LogP contribution in [-0.2, 0) is 5.41 Å². The minimum atomic E-state index is -0.192. The van der Waals surface area contributed by atoms with Gasteiger partial charge in [0.2, 0.25) is 0 Å². The van der Waals surface area contributed by atoms with Crippen molar-refractivity contribution in [1.29, 1.82) is 0 Å². The molecule has 1 aliphatic rings. The Bertz CT molecular complexity index is 381. The first-order valence-electron chi connectivity index (χ1n) is 7.36. The Labute approximate surface area is 140 Å². The van der Waals surface area contributed by atoms with E-state index in [1.165, 1.54) is 5.56 Å². The topological polar surface area (TPSA) is 49.5 Å². The Hall–Kier alpha value is -0.320. The third-order valence-corrected chi connectivity index (χ3v) is 4.53. The molecule has 0 spiro atoms. The van der Waals surface area contributed by atoms with Crippen molar-refractivity contribution in [3.63, 3.8) is 0 Å². The summed E-state index contributed by atoms with van der Waals surface area (Å²) in [4.78, 5) is 2.37. The van der Waals surface area contributed by atoms with Gasteiger partial charge < -0.3 is 15.7 Å². The fourth-order valence-electron chi connectivity index (χ4n) is 2.99. The van der Waals surface area contributed by atoms with E-state index >= 15 is 0 Å². The summed E-state index contributed by atoms with van der Waals surface area (Å²) < 4.78 is 0. The summed E-state index contributed by atoms with van der Waals surface area (Å²) in [6.07, 6.45) is 2.81. The number of halogens is 2. The predicted molar refractivity (Wildman–Crippen MR) is 93.6 cm³/mol. The van der Waals surface area contributed by atoms with Crippen molar-refractivity contribution in [3.8, 4) is 0 Å². The fraction of sp³-hybridized carbons (Fsp3) is 0.625. The maximum Gasteiger partial charge on any atom is 0.0664 e. The molecular formula is C16H28Cl2N2O. The van der Waals surface area contributed by atoms with E-state index in [1.807, 2.05) is 6.92 Å². The van der Waals surface area contributed by atoms with Gasteiger partial charge in [0.05, 0.1) is 6.10 Å². The number of likely N-dealkylation sites (tertiary alicyclic amines) is 1. The molecule has 1 atom stereocenters. The second kappa shape index (κ2) is 9.65. The van der Waals surface area contributed by atoms with Gasteiger partial charge >= 0.3 is 0 Å². The van der Waals surface area contributed by atoms with Gasteiger partial charge in [-0.1, -0.05) is 37.3 Å². The van der Waals surface area contributed by atoms with Crippen LogP contribution in [0, 0.1) is 0 Å². The number of piperidine rings is 1. The normalized spacial score (nSPS) is 19.2. The van der Waals surface area contributed by atoms with Gasteiger partial charge in [-0.3, -0.25) is 0 Å². The molecule has 1 unspecified atom stereocenters. The van der Waals surface area contributed by atoms with Gasteiger partial charge in [-0.25, -0.2) is 0 Å². The molecule has 0 aliphatic carbocycles. The Kier molecular flexibility index (Phi) is 9.50. The van der Waals surface area contributed by atoms with Gasteiger partial charge in [0.1, 0.15) is 0 Å². The molecule has 1 aromatic carbocycles. The number of benzene rings is 1. The number of nitrogens with zero attached hydrogens (tertiary/aromatic N) is 1. The van der Waals surface area contributed by atoms with E-state index < -0.39 is 0 Å². The van der Waals surface area contributed by atoms with Crippen molar-refractivity contribution in [1.82, 2.24) is 4.90 Å². The lowest BCUT2D eigenvalue weighted by Gasteiger charge is -2.42. The van der Waals surface area contributed by atoms with Crippen molar-refractivity contribution in [2.75, 3.05) is 26.2 Å². The van der Waals surface area contributed by atoms with E-state index in [4.69, 9.17) is 5.73 Å². The lowest BCUT2D eigenvalue weighted by Crippen LogP contribution is -2.48. The molecule has 0 aromatic heterocycles. The van der Waals surface area contributed by atoms with Crippen molar-refractivity contribution < 1.29 is 5.11 Å². The monoisotopic (exact) mass is 334 g/mol. The zero-order chi connectivity index (χ0) is 13.7. The van der Waals surface area contributed by atoms with Gasteiger partial charge in [-0.05, 0) is 37.9 Å². The molecule has 1 aromatic rings. The third kappa shape index (κ3) is 5.11. The molecular weight excluding hydrogens is 307 g/mol. The highest BCUT2D eigenvalue weighted by molar-refractivity contribution is 5.85. The predicted octanol–water partition coefficient (Wildman–Crippen LogP) is 2.59. The van der Waals surface area contributed by atoms with Crippen LogP contribution in [0.25, 0.3) is 0 Å². The van der Waals surface area contributed by atoms with E-state index in [0.717, 1.165) is 38.9 Å². The Morgan fingerprint density at radius 2 is 1.76 bits per heavy atom. The highest BCUT2D eigenvalue weighted by Crippen LogP contribution is 2.34. The summed E-state index contributed by atoms with van der Waals surface area (Å²) in [6.45, 7) is 5.60. The zero-order valence-electron chi connectivity index (χ0n) is 12.7. The number of hydrogen-bond donors (Lipinski definition) is 2. The highest BCUT2D eigenvalue weighted by atomic mass is 35.5. The quantitative estimate of drug-likeness (QED) is 0.870. The largest absolute Gasteiger partial charge is 0.392 e. The molecule has 0 bridgehead atoms. The summed E-state index contributed by atoms with van der Waals surface area (Å²) in [5.41, 5.74) is 7.58. The molecule has 3 N–H and O–H groups in total. The van der Waals surface area contributed by atoms with Crippen LogP contribution in [0.2, 0.25) is 0 Å². The van der Waals surface area contributed by atoms with Crippen molar-refractivity contribution in [3.05, 3.63) is 35.9 Å². The first-order chi connectivity index (χ1) is 9.20. The van der Waals surface area contributed by atoms with Gasteiger partial charge in [0.25, 0.3) is 0 Å². The number of aliphatic hydroxyl groups excluding tert-OH is 1. The van der Waals surface area contributed by atoms with Gasteiger partial charge in [0.15, 0.2) is 0 Å². The van der Waals surface area contributed by atoms with Crippen LogP contribution in [0.4, 0.5) is 0 Å². The minimum Gasteiger partial charge on any atom is -0.392 e. The summed E-state index contributed by atoms with van der Waals surface area (Å²) in [7, 11) is 0. The van der Waals surface area contributed by atoms with Crippen LogP contribution < -0.4 is 5.73 Å². The molecule has 5 heteroatoms. The molecule has 0 amide bonds. The smallest absolute Gasteiger partial charge is 0.0664 e. The number of nitrogens with two attached hydrogens (primary N) is 1. The van der Waals surface area contributed by atoms with Gasteiger partial charge in [-0.15, -0.1) is 24.8 Å². The molecule has 1 saturated heterocycles. The summed E-state index contributed by atoms with van der Waals surface area (Å²) in [5.74, 6) is 0. The average molecular weight is 335 g/mol. The zero-order valence-corrected chi connectivity index (χ0v) is 14.3. The molecule has 122 valence electrons. The van der Waals surface area contributed by atoms with Crippen molar-refractivity contribution in [2.24, 2.45) is 5.73 Å². The van der Waals surface area contributed by atoms with Crippen LogP contribution in [0.3, 0.4) is 0 Å². The fourth-order valence-corrected chi connectivity index (χ4v) is 2.99. The van der Waals surface area contributed by atoms with E-state index in [2.05, 4.69) is 35.2 Å². The average Bonchev–Trinajstić information content (AvgIpc) is 2.49. The van der Waals surface area contributed by atoms with E-state index in [0.29, 0.717) is 6.54 Å². The van der Waals surface area contributed by atoms with E-state index in [9.17, 15) is 5.11 Å². The molecule has 21 heavy (non-hydrogen) atoms. The van der Waals surface area contributed by atoms with Crippen LogP contribution in [0.5, 0.6) is 0 Å². The number of β-amino-alcohol motifs (C(OH)–C–C–N with tert-alkyl or cyclic N) is 1. The van der Waals surface area contributed by atoms with Crippen LogP contribution in [0.1, 0.15) is 31.7 Å². The summed E-state index contributed by atoms with van der Waals surface area (Å²) in [5, 5.41) is 9.75. The number of rotatable bonds is 5. The Morgan fingerprint density at radius 1 is 1.19 bits per heavy atom. The standard InChI is InChI=1S/C16H26N2O.2ClH/c1-2-15(19)12-18-10-8-16(13-17,9-11-18)14-6-4-3-5-7-14;;/h3-7,15,19H,2,8-13,17H2,1H3;2*1H. The molecule has 1 fully saturated rings. The number of aliphatic hydroxyl groups is 1. The van der Waals surface area contributed by atoms with E-state index in [-0.39, 0.29) is 36.3 Å². The minimum absolute atomic E-state index is 0. The molecule has 0 radical (unpaired) electrons. The second-order valence-electron chi connectivity index (χ2n) is 5.71. The van der Waals surface area contributed by atoms with Crippen LogP contribution >= 0.6 is 24.8 Å². The lowest BCUT2D eigenvalue weighted by atomic mass is 9.73. The first kappa shape index (κ1) is 20.7. The number of hydrogen-bond acceptors (Lipinski definition) is 3. The third-order valence-electron chi connectivity index (χ3n) is 4.53. The van der Waals surface area contributed by atoms with Crippen molar-refractivity contribution >= 4 is 24.8 Å². The lowest BCUT2D eigenvalue weighted by molar-refractivity contribution is 0.0804. The first-order valence-corrected chi connectivity index (χ1v) is 7.36. The molecule has 0 saturated carbocycles. The maximum atomic E-state index is 9.75. The summed E-state index contributed by atoms with van der Waals surface area (Å²) >= 11 is 0. The van der Waals surface area contributed by atoms with Gasteiger partial charge in [-0.2, -0.15) is 0 Å². The van der Waals surface area contributed by atoms with Crippen LogP contribution in [-0.4, -0.2) is 42.3 Å².